The van der Waals surface area contributed by atoms with Gasteiger partial charge in [0, 0.05) is 12.6 Å². The molecule has 0 bridgehead atoms. The molecule has 4 rings (SSSR count). The Hall–Kier alpha value is -3.39. The van der Waals surface area contributed by atoms with Gasteiger partial charge < -0.3 is 9.30 Å². The summed E-state index contributed by atoms with van der Waals surface area (Å²) >= 11 is 0. The molecule has 0 saturated heterocycles. The normalized spacial score (nSPS) is 11.6. The summed E-state index contributed by atoms with van der Waals surface area (Å²) in [6.45, 7) is 6.94. The van der Waals surface area contributed by atoms with Crippen LogP contribution in [0.2, 0.25) is 0 Å². The molecule has 0 fully saturated rings. The lowest BCUT2D eigenvalue weighted by atomic mass is 9.93. The molecule has 1 heterocycles. The number of aryl methyl sites for hydroxylation is 2. The number of halogens is 1. The van der Waals surface area contributed by atoms with Crippen molar-refractivity contribution in [2.24, 2.45) is 7.05 Å². The molecule has 0 aliphatic carbocycles. The van der Waals surface area contributed by atoms with Crippen molar-refractivity contribution >= 4 is 12.4 Å². The van der Waals surface area contributed by atoms with E-state index in [1.165, 1.54) is 5.56 Å². The lowest BCUT2D eigenvalue weighted by Crippen LogP contribution is -2.11. The molecule has 34 heavy (non-hydrogen) atoms. The van der Waals surface area contributed by atoms with E-state index in [1.807, 2.05) is 42.1 Å². The minimum absolute atomic E-state index is 0. The van der Waals surface area contributed by atoms with Crippen LogP contribution in [0, 0.1) is 18.3 Å². The number of rotatable bonds is 7. The van der Waals surface area contributed by atoms with Crippen molar-refractivity contribution < 1.29 is 4.74 Å². The van der Waals surface area contributed by atoms with Gasteiger partial charge in [-0.25, -0.2) is 4.98 Å². The fourth-order valence-corrected chi connectivity index (χ4v) is 4.07. The highest BCUT2D eigenvalue weighted by molar-refractivity contribution is 5.85. The third kappa shape index (κ3) is 5.39. The minimum atomic E-state index is -0.308. The fraction of sp³-hybridized carbons (Fsp3) is 0.241. The molecule has 0 aliphatic heterocycles. The van der Waals surface area contributed by atoms with E-state index >= 15 is 0 Å². The van der Waals surface area contributed by atoms with Crippen LogP contribution in [-0.2, 0) is 18.4 Å². The van der Waals surface area contributed by atoms with Crippen LogP contribution in [0.5, 0.6) is 0 Å². The molecule has 0 spiro atoms. The summed E-state index contributed by atoms with van der Waals surface area (Å²) in [6.07, 6.45) is 3.32. The second kappa shape index (κ2) is 11.2. The molecule has 174 valence electrons. The second-order valence-corrected chi connectivity index (χ2v) is 8.75. The van der Waals surface area contributed by atoms with E-state index in [9.17, 15) is 5.26 Å². The Bertz CT molecular complexity index is 1290. The molecule has 0 saturated carbocycles. The number of imidazole rings is 1. The molecular weight excluding hydrogens is 442 g/mol. The molecule has 0 radical (unpaired) electrons. The summed E-state index contributed by atoms with van der Waals surface area (Å²) in [5.74, 6) is 0.501. The first-order chi connectivity index (χ1) is 16.0. The Balaban J connectivity index is 0.00000324. The van der Waals surface area contributed by atoms with Crippen LogP contribution in [0.25, 0.3) is 11.1 Å². The minimum Gasteiger partial charge on any atom is -0.363 e. The van der Waals surface area contributed by atoms with Crippen molar-refractivity contribution in [1.82, 2.24) is 9.55 Å². The van der Waals surface area contributed by atoms with Gasteiger partial charge in [0.05, 0.1) is 36.5 Å². The highest BCUT2D eigenvalue weighted by Crippen LogP contribution is 2.33. The molecule has 0 aliphatic rings. The lowest BCUT2D eigenvalue weighted by molar-refractivity contribution is 0.0622. The fourth-order valence-electron chi connectivity index (χ4n) is 4.07. The van der Waals surface area contributed by atoms with Crippen LogP contribution in [0.4, 0.5) is 0 Å². The maximum absolute atomic E-state index is 9.75. The Kier molecular flexibility index (Phi) is 8.28. The molecule has 0 N–H and O–H groups in total. The van der Waals surface area contributed by atoms with E-state index in [-0.39, 0.29) is 18.5 Å². The Morgan fingerprint density at radius 1 is 0.971 bits per heavy atom. The molecule has 4 nitrogen and oxygen atoms in total. The predicted molar refractivity (Wildman–Crippen MR) is 139 cm³/mol. The summed E-state index contributed by atoms with van der Waals surface area (Å²) in [7, 11) is 1.97. The Labute approximate surface area is 208 Å². The summed E-state index contributed by atoms with van der Waals surface area (Å²) in [6, 6.07) is 25.1. The van der Waals surface area contributed by atoms with Gasteiger partial charge in [-0.15, -0.1) is 12.4 Å². The monoisotopic (exact) mass is 471 g/mol. The molecular formula is C29H30ClN3O. The first kappa shape index (κ1) is 25.2. The van der Waals surface area contributed by atoms with Crippen molar-refractivity contribution in [2.45, 2.75) is 39.4 Å². The zero-order valence-corrected chi connectivity index (χ0v) is 20.8. The SMILES string of the molecule is Cc1ccccc1-c1cc(C(OCc2ccc(C(C)C)cc2)c2cncn2C)ccc1C#N.Cl. The van der Waals surface area contributed by atoms with E-state index in [2.05, 4.69) is 74.3 Å². The van der Waals surface area contributed by atoms with E-state index in [4.69, 9.17) is 4.74 Å². The van der Waals surface area contributed by atoms with Crippen molar-refractivity contribution in [3.8, 4) is 17.2 Å². The average Bonchev–Trinajstić information content (AvgIpc) is 3.25. The number of aromatic nitrogens is 2. The van der Waals surface area contributed by atoms with Crippen LogP contribution in [0.15, 0.2) is 79.3 Å². The maximum atomic E-state index is 9.75. The summed E-state index contributed by atoms with van der Waals surface area (Å²) in [5.41, 5.74) is 8.17. The van der Waals surface area contributed by atoms with E-state index in [0.717, 1.165) is 33.5 Å². The van der Waals surface area contributed by atoms with Crippen LogP contribution >= 0.6 is 12.4 Å². The van der Waals surface area contributed by atoms with Gasteiger partial charge >= 0.3 is 0 Å². The van der Waals surface area contributed by atoms with Gasteiger partial charge in [0.25, 0.3) is 0 Å². The number of nitrogens with zero attached hydrogens (tertiary/aromatic N) is 3. The highest BCUT2D eigenvalue weighted by atomic mass is 35.5. The zero-order chi connectivity index (χ0) is 23.4. The maximum Gasteiger partial charge on any atom is 0.124 e. The van der Waals surface area contributed by atoms with Crippen LogP contribution in [-0.4, -0.2) is 9.55 Å². The van der Waals surface area contributed by atoms with Gasteiger partial charge in [-0.05, 0) is 52.8 Å². The molecule has 4 aromatic rings. The molecule has 1 aromatic heterocycles. The van der Waals surface area contributed by atoms with Gasteiger partial charge in [-0.2, -0.15) is 5.26 Å². The third-order valence-corrected chi connectivity index (χ3v) is 6.09. The number of nitriles is 1. The molecule has 3 aromatic carbocycles. The van der Waals surface area contributed by atoms with Crippen LogP contribution < -0.4 is 0 Å². The summed E-state index contributed by atoms with van der Waals surface area (Å²) < 4.78 is 8.47. The van der Waals surface area contributed by atoms with Gasteiger partial charge in [-0.1, -0.05) is 68.4 Å². The molecule has 5 heteroatoms. The Morgan fingerprint density at radius 3 is 2.29 bits per heavy atom. The number of benzene rings is 3. The smallest absolute Gasteiger partial charge is 0.124 e. The van der Waals surface area contributed by atoms with Gasteiger partial charge in [0.2, 0.25) is 0 Å². The largest absolute Gasteiger partial charge is 0.363 e. The topological polar surface area (TPSA) is 50.8 Å². The van der Waals surface area contributed by atoms with E-state index in [0.29, 0.717) is 18.1 Å². The van der Waals surface area contributed by atoms with Gasteiger partial charge in [-0.3, -0.25) is 0 Å². The first-order valence-corrected chi connectivity index (χ1v) is 11.2. The van der Waals surface area contributed by atoms with Gasteiger partial charge in [0.15, 0.2) is 0 Å². The lowest BCUT2D eigenvalue weighted by Gasteiger charge is -2.21. The summed E-state index contributed by atoms with van der Waals surface area (Å²) in [5, 5.41) is 9.75. The molecule has 0 amide bonds. The molecule has 1 unspecified atom stereocenters. The molecule has 1 atom stereocenters. The van der Waals surface area contributed by atoms with E-state index < -0.39 is 0 Å². The van der Waals surface area contributed by atoms with E-state index in [1.54, 1.807) is 6.33 Å². The van der Waals surface area contributed by atoms with Crippen molar-refractivity contribution in [3.63, 3.8) is 0 Å². The van der Waals surface area contributed by atoms with Crippen molar-refractivity contribution in [3.05, 3.63) is 113 Å². The van der Waals surface area contributed by atoms with Crippen LogP contribution in [0.1, 0.15) is 59.4 Å². The highest BCUT2D eigenvalue weighted by Gasteiger charge is 2.21. The number of ether oxygens (including phenoxy) is 1. The Morgan fingerprint density at radius 2 is 1.68 bits per heavy atom. The standard InChI is InChI=1S/C29H29N3O.ClH/c1-20(2)23-11-9-22(10-12-23)18-33-29(28-17-31-19-32(28)4)24-13-14-25(16-30)27(15-24)26-8-6-5-7-21(26)3;/h5-15,17,19-20,29H,18H2,1-4H3;1H. The van der Waals surface area contributed by atoms with Gasteiger partial charge in [0.1, 0.15) is 6.10 Å². The van der Waals surface area contributed by atoms with Crippen molar-refractivity contribution in [2.75, 3.05) is 0 Å². The zero-order valence-electron chi connectivity index (χ0n) is 20.0. The third-order valence-electron chi connectivity index (χ3n) is 6.09. The first-order valence-electron chi connectivity index (χ1n) is 11.2. The van der Waals surface area contributed by atoms with Crippen molar-refractivity contribution in [1.29, 1.82) is 5.26 Å². The quantitative estimate of drug-likeness (QED) is 0.288. The summed E-state index contributed by atoms with van der Waals surface area (Å²) in [4.78, 5) is 4.31. The average molecular weight is 472 g/mol. The number of hydrogen-bond acceptors (Lipinski definition) is 3. The van der Waals surface area contributed by atoms with Crippen LogP contribution in [0.3, 0.4) is 0 Å². The second-order valence-electron chi connectivity index (χ2n) is 8.75. The number of hydrogen-bond donors (Lipinski definition) is 0. The predicted octanol–water partition coefficient (Wildman–Crippen LogP) is 7.12.